The number of nitrogens with one attached hydrogen (secondary N) is 1. The standard InChI is InChI=1S/C14H21F2NO3S/c1-3-14(4-2,5-6-18)10-17-21(19,20)13-8-11(15)7-12(16)9-13/h7-9,17-18H,3-6,10H2,1-2H3. The summed E-state index contributed by atoms with van der Waals surface area (Å²) in [6.07, 6.45) is 1.83. The molecule has 0 bridgehead atoms. The van der Waals surface area contributed by atoms with E-state index in [9.17, 15) is 17.2 Å². The Morgan fingerprint density at radius 1 is 1.14 bits per heavy atom. The van der Waals surface area contributed by atoms with Crippen molar-refractivity contribution in [3.05, 3.63) is 29.8 Å². The van der Waals surface area contributed by atoms with Crippen molar-refractivity contribution in [1.82, 2.24) is 4.72 Å². The Morgan fingerprint density at radius 2 is 1.67 bits per heavy atom. The molecule has 0 aromatic heterocycles. The lowest BCUT2D eigenvalue weighted by atomic mass is 9.80. The fraction of sp³-hybridized carbons (Fsp3) is 0.571. The fourth-order valence-corrected chi connectivity index (χ4v) is 3.39. The van der Waals surface area contributed by atoms with Gasteiger partial charge in [-0.2, -0.15) is 0 Å². The van der Waals surface area contributed by atoms with Gasteiger partial charge < -0.3 is 5.11 Å². The molecular formula is C14H21F2NO3S. The highest BCUT2D eigenvalue weighted by molar-refractivity contribution is 7.89. The van der Waals surface area contributed by atoms with Crippen molar-refractivity contribution in [1.29, 1.82) is 0 Å². The van der Waals surface area contributed by atoms with Gasteiger partial charge in [0.2, 0.25) is 10.0 Å². The molecular weight excluding hydrogens is 300 g/mol. The first-order chi connectivity index (χ1) is 9.78. The van der Waals surface area contributed by atoms with Crippen LogP contribution in [0.4, 0.5) is 8.78 Å². The van der Waals surface area contributed by atoms with E-state index in [1.54, 1.807) is 0 Å². The van der Waals surface area contributed by atoms with E-state index in [0.29, 0.717) is 25.3 Å². The molecule has 120 valence electrons. The van der Waals surface area contributed by atoms with Crippen molar-refractivity contribution in [3.8, 4) is 0 Å². The maximum absolute atomic E-state index is 13.1. The van der Waals surface area contributed by atoms with Gasteiger partial charge in [-0.25, -0.2) is 21.9 Å². The lowest BCUT2D eigenvalue weighted by molar-refractivity contribution is 0.170. The van der Waals surface area contributed by atoms with Crippen LogP contribution in [0.5, 0.6) is 0 Å². The van der Waals surface area contributed by atoms with Crippen LogP contribution in [0.1, 0.15) is 33.1 Å². The van der Waals surface area contributed by atoms with E-state index in [1.807, 2.05) is 13.8 Å². The average Bonchev–Trinajstić information content (AvgIpc) is 2.42. The molecule has 1 rings (SSSR count). The summed E-state index contributed by atoms with van der Waals surface area (Å²) < 4.78 is 52.9. The Labute approximate surface area is 124 Å². The number of hydrogen-bond acceptors (Lipinski definition) is 3. The topological polar surface area (TPSA) is 66.4 Å². The molecule has 2 N–H and O–H groups in total. The van der Waals surface area contributed by atoms with Gasteiger partial charge in [-0.15, -0.1) is 0 Å². The Hall–Kier alpha value is -1.05. The van der Waals surface area contributed by atoms with Crippen LogP contribution in [0.3, 0.4) is 0 Å². The largest absolute Gasteiger partial charge is 0.396 e. The van der Waals surface area contributed by atoms with Crippen LogP contribution < -0.4 is 4.72 Å². The third-order valence-corrected chi connectivity index (χ3v) is 5.31. The molecule has 0 heterocycles. The highest BCUT2D eigenvalue weighted by Crippen LogP contribution is 2.30. The lowest BCUT2D eigenvalue weighted by Gasteiger charge is -2.31. The Balaban J connectivity index is 2.94. The molecule has 0 aliphatic heterocycles. The minimum atomic E-state index is -3.99. The quantitative estimate of drug-likeness (QED) is 0.773. The van der Waals surface area contributed by atoms with Crippen molar-refractivity contribution < 1.29 is 22.3 Å². The van der Waals surface area contributed by atoms with Crippen LogP contribution in [-0.4, -0.2) is 26.7 Å². The van der Waals surface area contributed by atoms with Crippen LogP contribution >= 0.6 is 0 Å². The second-order valence-electron chi connectivity index (χ2n) is 5.11. The van der Waals surface area contributed by atoms with E-state index in [1.165, 1.54) is 0 Å². The van der Waals surface area contributed by atoms with E-state index in [0.717, 1.165) is 12.1 Å². The van der Waals surface area contributed by atoms with Gasteiger partial charge in [0.1, 0.15) is 11.6 Å². The first-order valence-corrected chi connectivity index (χ1v) is 8.33. The monoisotopic (exact) mass is 321 g/mol. The van der Waals surface area contributed by atoms with Crippen LogP contribution in [-0.2, 0) is 10.0 Å². The van der Waals surface area contributed by atoms with Crippen molar-refractivity contribution in [2.45, 2.75) is 38.0 Å². The number of hydrogen-bond donors (Lipinski definition) is 2. The summed E-state index contributed by atoms with van der Waals surface area (Å²) in [5.41, 5.74) is -0.367. The van der Waals surface area contributed by atoms with Gasteiger partial charge in [-0.05, 0) is 36.8 Å². The number of rotatable bonds is 8. The smallest absolute Gasteiger partial charge is 0.240 e. The maximum atomic E-state index is 13.1. The van der Waals surface area contributed by atoms with E-state index < -0.39 is 26.6 Å². The lowest BCUT2D eigenvalue weighted by Crippen LogP contribution is -2.37. The summed E-state index contributed by atoms with van der Waals surface area (Å²) >= 11 is 0. The molecule has 0 amide bonds. The van der Waals surface area contributed by atoms with Crippen molar-refractivity contribution in [2.75, 3.05) is 13.2 Å². The third-order valence-electron chi connectivity index (χ3n) is 3.93. The molecule has 4 nitrogen and oxygen atoms in total. The summed E-state index contributed by atoms with van der Waals surface area (Å²) in [5, 5.41) is 9.11. The van der Waals surface area contributed by atoms with Crippen LogP contribution in [0, 0.1) is 17.0 Å². The van der Waals surface area contributed by atoms with Crippen molar-refractivity contribution >= 4 is 10.0 Å². The number of benzene rings is 1. The third kappa shape index (κ3) is 4.72. The molecule has 0 spiro atoms. The molecule has 7 heteroatoms. The molecule has 0 aliphatic carbocycles. The predicted octanol–water partition coefficient (Wildman–Crippen LogP) is 2.43. The zero-order valence-corrected chi connectivity index (χ0v) is 13.0. The van der Waals surface area contributed by atoms with Gasteiger partial charge in [0, 0.05) is 19.2 Å². The number of aliphatic hydroxyl groups excluding tert-OH is 1. The van der Waals surface area contributed by atoms with E-state index in [-0.39, 0.29) is 18.6 Å². The molecule has 0 fully saturated rings. The Bertz CT molecular complexity index is 551. The normalized spacial score (nSPS) is 12.6. The first kappa shape index (κ1) is 18.0. The minimum absolute atomic E-state index is 0.0436. The Kier molecular flexibility index (Phi) is 6.24. The fourth-order valence-electron chi connectivity index (χ4n) is 2.19. The Morgan fingerprint density at radius 3 is 2.10 bits per heavy atom. The predicted molar refractivity (Wildman–Crippen MR) is 76.3 cm³/mol. The van der Waals surface area contributed by atoms with Gasteiger partial charge in [-0.1, -0.05) is 13.8 Å². The highest BCUT2D eigenvalue weighted by atomic mass is 32.2. The molecule has 0 radical (unpaired) electrons. The van der Waals surface area contributed by atoms with E-state index >= 15 is 0 Å². The number of sulfonamides is 1. The summed E-state index contributed by atoms with van der Waals surface area (Å²) in [6, 6.07) is 2.17. The molecule has 0 aliphatic rings. The molecule has 0 saturated heterocycles. The van der Waals surface area contributed by atoms with Crippen molar-refractivity contribution in [3.63, 3.8) is 0 Å². The molecule has 0 atom stereocenters. The van der Waals surface area contributed by atoms with Gasteiger partial charge >= 0.3 is 0 Å². The van der Waals surface area contributed by atoms with Crippen molar-refractivity contribution in [2.24, 2.45) is 5.41 Å². The van der Waals surface area contributed by atoms with Crippen LogP contribution in [0.15, 0.2) is 23.1 Å². The number of halogens is 2. The summed E-state index contributed by atoms with van der Waals surface area (Å²) in [6.45, 7) is 3.89. The van der Waals surface area contributed by atoms with Crippen LogP contribution in [0.25, 0.3) is 0 Å². The highest BCUT2D eigenvalue weighted by Gasteiger charge is 2.28. The second-order valence-corrected chi connectivity index (χ2v) is 6.88. The first-order valence-electron chi connectivity index (χ1n) is 6.85. The molecule has 21 heavy (non-hydrogen) atoms. The van der Waals surface area contributed by atoms with E-state index in [4.69, 9.17) is 5.11 Å². The van der Waals surface area contributed by atoms with Gasteiger partial charge in [0.15, 0.2) is 0 Å². The molecule has 0 unspecified atom stereocenters. The van der Waals surface area contributed by atoms with E-state index in [2.05, 4.69) is 4.72 Å². The number of aliphatic hydroxyl groups is 1. The molecule has 1 aromatic rings. The van der Waals surface area contributed by atoms with Crippen LogP contribution in [0.2, 0.25) is 0 Å². The minimum Gasteiger partial charge on any atom is -0.396 e. The molecule has 1 aromatic carbocycles. The van der Waals surface area contributed by atoms with Gasteiger partial charge in [0.25, 0.3) is 0 Å². The van der Waals surface area contributed by atoms with Gasteiger partial charge in [0.05, 0.1) is 4.90 Å². The zero-order chi connectivity index (χ0) is 16.1. The molecule has 0 saturated carbocycles. The summed E-state index contributed by atoms with van der Waals surface area (Å²) in [5.74, 6) is -1.88. The average molecular weight is 321 g/mol. The maximum Gasteiger partial charge on any atom is 0.240 e. The second kappa shape index (κ2) is 7.29. The van der Waals surface area contributed by atoms with Gasteiger partial charge in [-0.3, -0.25) is 0 Å². The summed E-state index contributed by atoms with van der Waals surface area (Å²) in [7, 11) is -3.99. The SMILES string of the molecule is CCC(CC)(CCO)CNS(=O)(=O)c1cc(F)cc(F)c1. The summed E-state index contributed by atoms with van der Waals surface area (Å²) in [4.78, 5) is -0.440. The zero-order valence-electron chi connectivity index (χ0n) is 12.2.